The molecular weight excluding hydrogens is 262 g/mol. The second-order valence-corrected chi connectivity index (χ2v) is 5.85. The number of hydrogen-bond acceptors (Lipinski definition) is 5. The van der Waals surface area contributed by atoms with Gasteiger partial charge in [-0.05, 0) is 31.1 Å². The van der Waals surface area contributed by atoms with Crippen molar-refractivity contribution in [3.8, 4) is 0 Å². The van der Waals surface area contributed by atoms with E-state index in [0.717, 1.165) is 19.3 Å². The van der Waals surface area contributed by atoms with Crippen LogP contribution in [0.3, 0.4) is 0 Å². The van der Waals surface area contributed by atoms with Gasteiger partial charge in [-0.1, -0.05) is 0 Å². The highest BCUT2D eigenvalue weighted by atomic mass is 16.5. The minimum absolute atomic E-state index is 0.000116. The number of carbonyl (C=O) groups is 1. The summed E-state index contributed by atoms with van der Waals surface area (Å²) >= 11 is 0. The van der Waals surface area contributed by atoms with Gasteiger partial charge in [0.25, 0.3) is 0 Å². The Balaban J connectivity index is 1.71. The smallest absolute Gasteiger partial charge is 0.308 e. The Labute approximate surface area is 119 Å². The number of rotatable bonds is 9. The van der Waals surface area contributed by atoms with Crippen molar-refractivity contribution in [2.75, 3.05) is 33.5 Å². The van der Waals surface area contributed by atoms with Crippen LogP contribution in [0, 0.1) is 17.8 Å². The largest absolute Gasteiger partial charge is 0.481 e. The van der Waals surface area contributed by atoms with Crippen molar-refractivity contribution >= 4 is 5.97 Å². The number of ether oxygens (including phenoxy) is 2. The van der Waals surface area contributed by atoms with Gasteiger partial charge < -0.3 is 25.0 Å². The molecule has 0 aromatic rings. The molecule has 2 aliphatic rings. The molecule has 5 unspecified atom stereocenters. The van der Waals surface area contributed by atoms with Crippen LogP contribution in [0.2, 0.25) is 0 Å². The lowest BCUT2D eigenvalue weighted by Gasteiger charge is -2.29. The van der Waals surface area contributed by atoms with Gasteiger partial charge in [-0.15, -0.1) is 0 Å². The van der Waals surface area contributed by atoms with Crippen LogP contribution in [0.15, 0.2) is 0 Å². The van der Waals surface area contributed by atoms with Crippen LogP contribution in [0.25, 0.3) is 0 Å². The summed E-state index contributed by atoms with van der Waals surface area (Å²) in [5.74, 6) is -0.247. The Morgan fingerprint density at radius 1 is 1.35 bits per heavy atom. The SMILES string of the molecule is COCCOCC(O)CNC1C2CCC(C2)C1C(=O)O. The summed E-state index contributed by atoms with van der Waals surface area (Å²) < 4.78 is 10.1. The van der Waals surface area contributed by atoms with E-state index in [1.54, 1.807) is 7.11 Å². The molecule has 0 heterocycles. The van der Waals surface area contributed by atoms with E-state index in [4.69, 9.17) is 9.47 Å². The van der Waals surface area contributed by atoms with Gasteiger partial charge in [0.2, 0.25) is 0 Å². The third-order valence-electron chi connectivity index (χ3n) is 4.53. The lowest BCUT2D eigenvalue weighted by Crippen LogP contribution is -2.47. The zero-order chi connectivity index (χ0) is 14.5. The minimum Gasteiger partial charge on any atom is -0.481 e. The van der Waals surface area contributed by atoms with E-state index in [9.17, 15) is 15.0 Å². The van der Waals surface area contributed by atoms with Crippen LogP contribution in [0.4, 0.5) is 0 Å². The molecule has 0 radical (unpaired) electrons. The van der Waals surface area contributed by atoms with Crippen LogP contribution in [-0.4, -0.2) is 61.8 Å². The van der Waals surface area contributed by atoms with Gasteiger partial charge in [0, 0.05) is 19.7 Å². The summed E-state index contributed by atoms with van der Waals surface area (Å²) in [5.41, 5.74) is 0. The zero-order valence-electron chi connectivity index (χ0n) is 12.0. The Morgan fingerprint density at radius 2 is 2.10 bits per heavy atom. The molecule has 2 bridgehead atoms. The second-order valence-electron chi connectivity index (χ2n) is 5.85. The molecule has 2 aliphatic carbocycles. The maximum Gasteiger partial charge on any atom is 0.308 e. The van der Waals surface area contributed by atoms with Crippen molar-refractivity contribution in [1.29, 1.82) is 0 Å². The standard InChI is InChI=1S/C14H25NO5/c1-19-4-5-20-8-11(16)7-15-13-10-3-2-9(6-10)12(13)14(17)18/h9-13,15-16H,2-8H2,1H3,(H,17,18). The molecule has 0 saturated heterocycles. The minimum atomic E-state index is -0.708. The van der Waals surface area contributed by atoms with Gasteiger partial charge in [0.05, 0.1) is 31.8 Å². The molecule has 5 atom stereocenters. The summed E-state index contributed by atoms with van der Waals surface area (Å²) in [4.78, 5) is 11.3. The van der Waals surface area contributed by atoms with Gasteiger partial charge in [-0.25, -0.2) is 0 Å². The highest BCUT2D eigenvalue weighted by Crippen LogP contribution is 2.48. The van der Waals surface area contributed by atoms with E-state index in [-0.39, 0.29) is 18.6 Å². The van der Waals surface area contributed by atoms with Crippen molar-refractivity contribution in [3.05, 3.63) is 0 Å². The first-order valence-electron chi connectivity index (χ1n) is 7.34. The number of methoxy groups -OCH3 is 1. The van der Waals surface area contributed by atoms with Crippen LogP contribution in [0.1, 0.15) is 19.3 Å². The van der Waals surface area contributed by atoms with Crippen molar-refractivity contribution in [2.45, 2.75) is 31.4 Å². The normalized spacial score (nSPS) is 33.5. The molecule has 0 spiro atoms. The van der Waals surface area contributed by atoms with Gasteiger partial charge in [-0.3, -0.25) is 4.79 Å². The number of aliphatic hydroxyl groups excluding tert-OH is 1. The summed E-state index contributed by atoms with van der Waals surface area (Å²) in [6.07, 6.45) is 2.53. The monoisotopic (exact) mass is 287 g/mol. The summed E-state index contributed by atoms with van der Waals surface area (Å²) in [5, 5.41) is 22.4. The maximum absolute atomic E-state index is 11.3. The Morgan fingerprint density at radius 3 is 2.80 bits per heavy atom. The summed E-state index contributed by atoms with van der Waals surface area (Å²) in [6, 6.07) is -0.000116. The number of carboxylic acids is 1. The van der Waals surface area contributed by atoms with Crippen LogP contribution < -0.4 is 5.32 Å². The molecule has 116 valence electrons. The van der Waals surface area contributed by atoms with Gasteiger partial charge in [0.1, 0.15) is 0 Å². The molecule has 2 fully saturated rings. The first-order valence-corrected chi connectivity index (χ1v) is 7.34. The molecule has 0 aliphatic heterocycles. The fraction of sp³-hybridized carbons (Fsp3) is 0.929. The first kappa shape index (κ1) is 15.7. The Kier molecular flexibility index (Phi) is 5.77. The molecule has 3 N–H and O–H groups in total. The second kappa shape index (κ2) is 7.36. The fourth-order valence-electron chi connectivity index (χ4n) is 3.63. The highest BCUT2D eigenvalue weighted by molar-refractivity contribution is 5.72. The fourth-order valence-corrected chi connectivity index (χ4v) is 3.63. The van der Waals surface area contributed by atoms with Gasteiger partial charge in [-0.2, -0.15) is 0 Å². The van der Waals surface area contributed by atoms with E-state index in [1.807, 2.05) is 0 Å². The number of hydrogen-bond donors (Lipinski definition) is 3. The lowest BCUT2D eigenvalue weighted by molar-refractivity contribution is -0.144. The number of carboxylic acid groups (broad SMARTS) is 1. The number of aliphatic carboxylic acids is 1. The molecule has 0 aromatic carbocycles. The highest BCUT2D eigenvalue weighted by Gasteiger charge is 2.50. The lowest BCUT2D eigenvalue weighted by atomic mass is 9.84. The predicted octanol–water partition coefficient (Wildman–Crippen LogP) is 0.0992. The van der Waals surface area contributed by atoms with Gasteiger partial charge >= 0.3 is 5.97 Å². The van der Waals surface area contributed by atoms with Crippen molar-refractivity contribution in [1.82, 2.24) is 5.32 Å². The molecular formula is C14H25NO5. The van der Waals surface area contributed by atoms with Crippen molar-refractivity contribution in [2.24, 2.45) is 17.8 Å². The maximum atomic E-state index is 11.3. The van der Waals surface area contributed by atoms with E-state index >= 15 is 0 Å². The van der Waals surface area contributed by atoms with Crippen LogP contribution in [-0.2, 0) is 14.3 Å². The van der Waals surface area contributed by atoms with E-state index < -0.39 is 12.1 Å². The molecule has 2 saturated carbocycles. The molecule has 6 heteroatoms. The third-order valence-corrected chi connectivity index (χ3v) is 4.53. The molecule has 2 rings (SSSR count). The molecule has 20 heavy (non-hydrogen) atoms. The van der Waals surface area contributed by atoms with Crippen molar-refractivity contribution in [3.63, 3.8) is 0 Å². The average Bonchev–Trinajstić information content (AvgIpc) is 3.01. The quantitative estimate of drug-likeness (QED) is 0.521. The predicted molar refractivity (Wildman–Crippen MR) is 72.4 cm³/mol. The molecule has 0 amide bonds. The number of aliphatic hydroxyl groups is 1. The van der Waals surface area contributed by atoms with Gasteiger partial charge in [0.15, 0.2) is 0 Å². The van der Waals surface area contributed by atoms with Crippen LogP contribution in [0.5, 0.6) is 0 Å². The van der Waals surface area contributed by atoms with E-state index in [0.29, 0.717) is 31.6 Å². The number of fused-ring (bicyclic) bond motifs is 2. The summed E-state index contributed by atoms with van der Waals surface area (Å²) in [6.45, 7) is 1.59. The zero-order valence-corrected chi connectivity index (χ0v) is 12.0. The Hall–Kier alpha value is -0.690. The van der Waals surface area contributed by atoms with Crippen molar-refractivity contribution < 1.29 is 24.5 Å². The summed E-state index contributed by atoms with van der Waals surface area (Å²) in [7, 11) is 1.60. The topological polar surface area (TPSA) is 88.0 Å². The van der Waals surface area contributed by atoms with Crippen LogP contribution >= 0.6 is 0 Å². The molecule has 0 aromatic heterocycles. The van der Waals surface area contributed by atoms with E-state index in [2.05, 4.69) is 5.32 Å². The average molecular weight is 287 g/mol. The number of nitrogens with one attached hydrogen (secondary N) is 1. The van der Waals surface area contributed by atoms with E-state index in [1.165, 1.54) is 0 Å². The Bertz CT molecular complexity index is 325. The third kappa shape index (κ3) is 3.69. The molecule has 6 nitrogen and oxygen atoms in total. The first-order chi connectivity index (χ1) is 9.63.